The molecule has 6 nitrogen and oxygen atoms in total. The summed E-state index contributed by atoms with van der Waals surface area (Å²) in [6.07, 6.45) is 2.47. The Kier molecular flexibility index (Phi) is 7.51. The molecule has 2 amide bonds. The SMILES string of the molecule is O=C(NCCN(C(=O)c1cncc(Br)c1)c1ccccc1)OCc1ccc(F)cc1. The third-order valence-electron chi connectivity index (χ3n) is 4.15. The number of carbonyl (C=O) groups excluding carboxylic acids is 2. The van der Waals surface area contributed by atoms with Crippen molar-refractivity contribution in [2.24, 2.45) is 0 Å². The zero-order valence-corrected chi connectivity index (χ0v) is 17.5. The number of para-hydroxylation sites is 1. The van der Waals surface area contributed by atoms with Gasteiger partial charge in [0.1, 0.15) is 12.4 Å². The fourth-order valence-electron chi connectivity index (χ4n) is 2.69. The van der Waals surface area contributed by atoms with E-state index in [4.69, 9.17) is 4.74 Å². The number of amides is 2. The zero-order valence-electron chi connectivity index (χ0n) is 15.9. The molecule has 1 aromatic heterocycles. The van der Waals surface area contributed by atoms with E-state index in [1.54, 1.807) is 29.3 Å². The molecule has 0 bridgehead atoms. The van der Waals surface area contributed by atoms with E-state index < -0.39 is 6.09 Å². The van der Waals surface area contributed by atoms with E-state index in [2.05, 4.69) is 26.2 Å². The third kappa shape index (κ3) is 6.12. The van der Waals surface area contributed by atoms with Crippen molar-refractivity contribution < 1.29 is 18.7 Å². The highest BCUT2D eigenvalue weighted by Crippen LogP contribution is 2.18. The van der Waals surface area contributed by atoms with Crippen LogP contribution in [0.2, 0.25) is 0 Å². The normalized spacial score (nSPS) is 10.3. The number of halogens is 2. The molecule has 0 saturated carbocycles. The van der Waals surface area contributed by atoms with E-state index in [1.165, 1.54) is 18.3 Å². The lowest BCUT2D eigenvalue weighted by Crippen LogP contribution is -2.39. The monoisotopic (exact) mass is 471 g/mol. The van der Waals surface area contributed by atoms with Crippen LogP contribution in [0.25, 0.3) is 0 Å². The molecule has 3 rings (SSSR count). The first-order chi connectivity index (χ1) is 14.5. The molecule has 0 aliphatic rings. The van der Waals surface area contributed by atoms with Gasteiger partial charge in [0.15, 0.2) is 0 Å². The van der Waals surface area contributed by atoms with Gasteiger partial charge in [0, 0.05) is 35.6 Å². The van der Waals surface area contributed by atoms with Gasteiger partial charge in [0.2, 0.25) is 0 Å². The van der Waals surface area contributed by atoms with Crippen LogP contribution < -0.4 is 10.2 Å². The van der Waals surface area contributed by atoms with Gasteiger partial charge in [0.05, 0.1) is 5.56 Å². The molecule has 0 aliphatic carbocycles. The molecule has 0 fully saturated rings. The highest BCUT2D eigenvalue weighted by Gasteiger charge is 2.18. The number of carbonyl (C=O) groups is 2. The second-order valence-electron chi connectivity index (χ2n) is 6.31. The topological polar surface area (TPSA) is 71.5 Å². The van der Waals surface area contributed by atoms with E-state index in [0.29, 0.717) is 21.3 Å². The number of hydrogen-bond acceptors (Lipinski definition) is 4. The van der Waals surface area contributed by atoms with Gasteiger partial charge in [-0.05, 0) is 51.8 Å². The van der Waals surface area contributed by atoms with Crippen LogP contribution >= 0.6 is 15.9 Å². The van der Waals surface area contributed by atoms with Crippen molar-refractivity contribution >= 4 is 33.6 Å². The summed E-state index contributed by atoms with van der Waals surface area (Å²) in [6.45, 7) is 0.447. The number of ether oxygens (including phenoxy) is 1. The Labute approximate surface area is 181 Å². The van der Waals surface area contributed by atoms with Crippen LogP contribution in [-0.2, 0) is 11.3 Å². The molecule has 2 aromatic carbocycles. The smallest absolute Gasteiger partial charge is 0.407 e. The van der Waals surface area contributed by atoms with Crippen LogP contribution in [0.3, 0.4) is 0 Å². The van der Waals surface area contributed by atoms with Gasteiger partial charge in [0.25, 0.3) is 5.91 Å². The first-order valence-corrected chi connectivity index (χ1v) is 9.95. The van der Waals surface area contributed by atoms with Crippen LogP contribution in [0.15, 0.2) is 77.5 Å². The lowest BCUT2D eigenvalue weighted by Gasteiger charge is -2.23. The predicted molar refractivity (Wildman–Crippen MR) is 115 cm³/mol. The van der Waals surface area contributed by atoms with Crippen LogP contribution in [0.5, 0.6) is 0 Å². The summed E-state index contributed by atoms with van der Waals surface area (Å²) in [5.74, 6) is -0.592. The largest absolute Gasteiger partial charge is 0.445 e. The van der Waals surface area contributed by atoms with Crippen molar-refractivity contribution in [2.75, 3.05) is 18.0 Å². The molecule has 8 heteroatoms. The summed E-state index contributed by atoms with van der Waals surface area (Å²) in [7, 11) is 0. The Bertz CT molecular complexity index is 1000. The zero-order chi connectivity index (χ0) is 21.3. The van der Waals surface area contributed by atoms with E-state index in [-0.39, 0.29) is 31.4 Å². The van der Waals surface area contributed by atoms with Gasteiger partial charge in [-0.25, -0.2) is 9.18 Å². The summed E-state index contributed by atoms with van der Waals surface area (Å²) >= 11 is 3.32. The average Bonchev–Trinajstić information content (AvgIpc) is 2.76. The van der Waals surface area contributed by atoms with Crippen molar-refractivity contribution in [1.29, 1.82) is 0 Å². The number of nitrogens with one attached hydrogen (secondary N) is 1. The van der Waals surface area contributed by atoms with Gasteiger partial charge in [-0.1, -0.05) is 30.3 Å². The minimum Gasteiger partial charge on any atom is -0.445 e. The van der Waals surface area contributed by atoms with Crippen LogP contribution in [0.1, 0.15) is 15.9 Å². The van der Waals surface area contributed by atoms with Crippen LogP contribution in [0.4, 0.5) is 14.9 Å². The fraction of sp³-hybridized carbons (Fsp3) is 0.136. The highest BCUT2D eigenvalue weighted by atomic mass is 79.9. The molecule has 0 spiro atoms. The number of alkyl carbamates (subject to hydrolysis) is 1. The standard InChI is InChI=1S/C22H19BrFN3O3/c23-18-12-17(13-25-14-18)21(28)27(20-4-2-1-3-5-20)11-10-26-22(29)30-15-16-6-8-19(24)9-7-16/h1-9,12-14H,10-11,15H2,(H,26,29). The molecule has 0 unspecified atom stereocenters. The molecule has 1 heterocycles. The van der Waals surface area contributed by atoms with Gasteiger partial charge in [-0.2, -0.15) is 0 Å². The summed E-state index contributed by atoms with van der Waals surface area (Å²) in [4.78, 5) is 30.6. The molecule has 0 saturated heterocycles. The third-order valence-corrected chi connectivity index (χ3v) is 4.59. The number of aromatic nitrogens is 1. The maximum atomic E-state index is 13.0. The Hall–Kier alpha value is -3.26. The number of hydrogen-bond donors (Lipinski definition) is 1. The van der Waals surface area contributed by atoms with Crippen molar-refractivity contribution in [2.45, 2.75) is 6.61 Å². The van der Waals surface area contributed by atoms with E-state index in [1.807, 2.05) is 30.3 Å². The Balaban J connectivity index is 1.59. The minimum atomic E-state index is -0.621. The second-order valence-corrected chi connectivity index (χ2v) is 7.23. The molecule has 3 aromatic rings. The van der Waals surface area contributed by atoms with E-state index in [0.717, 1.165) is 0 Å². The second kappa shape index (κ2) is 10.5. The molecule has 0 aliphatic heterocycles. The molecule has 1 N–H and O–H groups in total. The van der Waals surface area contributed by atoms with Gasteiger partial charge in [-0.15, -0.1) is 0 Å². The quantitative estimate of drug-likeness (QED) is 0.548. The number of rotatable bonds is 7. The first kappa shape index (κ1) is 21.4. The molecule has 154 valence electrons. The summed E-state index contributed by atoms with van der Waals surface area (Å²) in [5.41, 5.74) is 1.80. The number of nitrogens with zero attached hydrogens (tertiary/aromatic N) is 2. The Morgan fingerprint density at radius 2 is 1.80 bits per heavy atom. The summed E-state index contributed by atoms with van der Waals surface area (Å²) in [5, 5.41) is 2.63. The summed E-state index contributed by atoms with van der Waals surface area (Å²) in [6, 6.07) is 16.5. The fourth-order valence-corrected chi connectivity index (χ4v) is 3.06. The predicted octanol–water partition coefficient (Wildman–Crippen LogP) is 4.56. The van der Waals surface area contributed by atoms with Crippen molar-refractivity contribution in [3.8, 4) is 0 Å². The van der Waals surface area contributed by atoms with Gasteiger partial charge >= 0.3 is 6.09 Å². The van der Waals surface area contributed by atoms with Crippen molar-refractivity contribution in [1.82, 2.24) is 10.3 Å². The average molecular weight is 472 g/mol. The van der Waals surface area contributed by atoms with Crippen LogP contribution in [0, 0.1) is 5.82 Å². The summed E-state index contributed by atoms with van der Waals surface area (Å²) < 4.78 is 18.7. The van der Waals surface area contributed by atoms with E-state index in [9.17, 15) is 14.0 Å². The van der Waals surface area contributed by atoms with E-state index >= 15 is 0 Å². The Morgan fingerprint density at radius 1 is 1.07 bits per heavy atom. The molecule has 30 heavy (non-hydrogen) atoms. The van der Waals surface area contributed by atoms with Crippen LogP contribution in [-0.4, -0.2) is 30.1 Å². The molecule has 0 atom stereocenters. The van der Waals surface area contributed by atoms with Gasteiger partial charge < -0.3 is 15.0 Å². The lowest BCUT2D eigenvalue weighted by molar-refractivity contribution is 0.0985. The molecule has 0 radical (unpaired) electrons. The molecular formula is C22H19BrFN3O3. The van der Waals surface area contributed by atoms with Crippen molar-refractivity contribution in [3.63, 3.8) is 0 Å². The van der Waals surface area contributed by atoms with Gasteiger partial charge in [-0.3, -0.25) is 9.78 Å². The number of benzene rings is 2. The maximum Gasteiger partial charge on any atom is 0.407 e. The minimum absolute atomic E-state index is 0.0250. The molecular weight excluding hydrogens is 453 g/mol. The first-order valence-electron chi connectivity index (χ1n) is 9.15. The maximum absolute atomic E-state index is 13.0. The van der Waals surface area contributed by atoms with Crippen molar-refractivity contribution in [3.05, 3.63) is 94.5 Å². The number of pyridine rings is 1. The lowest BCUT2D eigenvalue weighted by atomic mass is 10.2. The number of anilines is 1. The highest BCUT2D eigenvalue weighted by molar-refractivity contribution is 9.10. The Morgan fingerprint density at radius 3 is 2.50 bits per heavy atom.